The highest BCUT2D eigenvalue weighted by Gasteiger charge is 2.32. The van der Waals surface area contributed by atoms with E-state index in [1.54, 1.807) is 7.11 Å². The van der Waals surface area contributed by atoms with E-state index in [9.17, 15) is 24.0 Å². The zero-order valence-electron chi connectivity index (χ0n) is 76.3. The summed E-state index contributed by atoms with van der Waals surface area (Å²) >= 11 is 0. The molecule has 1 saturated heterocycles. The van der Waals surface area contributed by atoms with Gasteiger partial charge in [-0.1, -0.05) is 97.8 Å². The fourth-order valence-electron chi connectivity index (χ4n) is 11.6. The molecule has 4 N–H and O–H groups in total. The van der Waals surface area contributed by atoms with Gasteiger partial charge in [-0.25, -0.2) is 0 Å². The van der Waals surface area contributed by atoms with E-state index in [0.717, 1.165) is 38.8 Å². The van der Waals surface area contributed by atoms with E-state index >= 15 is 0 Å². The molecule has 0 aromatic heterocycles. The minimum Gasteiger partial charge on any atom is -0.382 e. The highest BCUT2D eigenvalue weighted by atomic mass is 16.6. The van der Waals surface area contributed by atoms with Crippen LogP contribution in [0.3, 0.4) is 0 Å². The number of nitrogens with one attached hydrogen (secondary N) is 4. The average molecular weight is 1760 g/mol. The smallest absolute Gasteiger partial charge is 0.245 e. The molecule has 0 aliphatic carbocycles. The molecule has 1 aliphatic heterocycles. The fourth-order valence-corrected chi connectivity index (χ4v) is 11.6. The molecular formula is C87H170N6O29. The van der Waals surface area contributed by atoms with E-state index in [4.69, 9.17) is 114 Å². The van der Waals surface area contributed by atoms with Crippen LogP contribution in [0.1, 0.15) is 156 Å². The molecule has 0 bridgehead atoms. The van der Waals surface area contributed by atoms with Crippen molar-refractivity contribution in [2.75, 3.05) is 364 Å². The zero-order chi connectivity index (χ0) is 87.9. The van der Waals surface area contributed by atoms with Crippen molar-refractivity contribution < 1.29 is 138 Å². The van der Waals surface area contributed by atoms with E-state index in [2.05, 4.69) is 33.1 Å². The van der Waals surface area contributed by atoms with Crippen molar-refractivity contribution in [3.05, 3.63) is 0 Å². The summed E-state index contributed by atoms with van der Waals surface area (Å²) < 4.78 is 132. The van der Waals surface area contributed by atoms with Crippen molar-refractivity contribution in [2.24, 2.45) is 5.92 Å². The fraction of sp³-hybridized carbons (Fsp3) is 0.943. The number of ether oxygens (including phenoxy) is 24. The first-order valence-electron chi connectivity index (χ1n) is 46.0. The van der Waals surface area contributed by atoms with Gasteiger partial charge in [-0.3, -0.25) is 24.0 Å². The number of piperazine rings is 1. The van der Waals surface area contributed by atoms with Crippen LogP contribution < -0.4 is 21.3 Å². The molecule has 0 radical (unpaired) electrons. The summed E-state index contributed by atoms with van der Waals surface area (Å²) in [7, 11) is 3.66. The standard InChI is InChI=1S/C87H170N6O29/c1-6-8-9-10-11-12-13-14-15-16-18-24-82(94)88-27-21-17-19-25-84(96)91-85(80(3)7-2)86(97)90-81(87(98)93-31-29-92(4)30-32-93)23-20-22-28-89-83(95)26-33-100-36-37-102-40-41-104-44-45-106-48-49-108-52-53-110-56-57-112-60-61-114-64-65-116-68-69-118-72-73-120-76-77-122-79-78-121-75-74-119-71-70-117-67-66-115-63-62-113-59-58-111-55-54-109-51-50-107-47-46-105-43-42-103-39-38-101-35-34-99-5/h80-81,85H,6-79H2,1-5H3,(H,88,94)(H,89,95)(H,90,97)(H,91,96)/t80-,81-,85-/m0/s1. The summed E-state index contributed by atoms with van der Waals surface area (Å²) in [6, 6.07) is -1.55. The van der Waals surface area contributed by atoms with Crippen molar-refractivity contribution in [1.29, 1.82) is 0 Å². The number of methoxy groups -OCH3 is 1. The van der Waals surface area contributed by atoms with Gasteiger partial charge in [0.1, 0.15) is 12.1 Å². The van der Waals surface area contributed by atoms with Gasteiger partial charge >= 0.3 is 0 Å². The first kappa shape index (κ1) is 116. The molecule has 0 unspecified atom stereocenters. The molecule has 0 saturated carbocycles. The van der Waals surface area contributed by atoms with E-state index < -0.39 is 12.1 Å². The molecule has 35 nitrogen and oxygen atoms in total. The number of hydrogen-bond acceptors (Lipinski definition) is 30. The predicted octanol–water partition coefficient (Wildman–Crippen LogP) is 5.86. The summed E-state index contributed by atoms with van der Waals surface area (Å²) in [5.41, 5.74) is 0. The van der Waals surface area contributed by atoms with Crippen molar-refractivity contribution in [3.63, 3.8) is 0 Å². The summed E-state index contributed by atoms with van der Waals surface area (Å²) in [5.74, 6) is -0.905. The number of rotatable bonds is 101. The minimum absolute atomic E-state index is 0.0917. The molecular weight excluding hydrogens is 1590 g/mol. The van der Waals surface area contributed by atoms with Crippen molar-refractivity contribution in [3.8, 4) is 0 Å². The van der Waals surface area contributed by atoms with Crippen LogP contribution in [0.2, 0.25) is 0 Å². The molecule has 1 aliphatic rings. The van der Waals surface area contributed by atoms with Gasteiger partial charge < -0.3 is 145 Å². The molecule has 722 valence electrons. The highest BCUT2D eigenvalue weighted by molar-refractivity contribution is 5.92. The Morgan fingerprint density at radius 2 is 0.525 bits per heavy atom. The largest absolute Gasteiger partial charge is 0.382 e. The second kappa shape index (κ2) is 96.4. The Morgan fingerprint density at radius 1 is 0.279 bits per heavy atom. The van der Waals surface area contributed by atoms with Crippen LogP contribution in [0.15, 0.2) is 0 Å². The van der Waals surface area contributed by atoms with Gasteiger partial charge in [-0.05, 0) is 51.5 Å². The number of amides is 5. The summed E-state index contributed by atoms with van der Waals surface area (Å²) in [5, 5.41) is 12.0. The Hall–Kier alpha value is -3.65. The molecule has 0 aromatic carbocycles. The number of unbranched alkanes of at least 4 members (excludes halogenated alkanes) is 13. The predicted molar refractivity (Wildman–Crippen MR) is 462 cm³/mol. The van der Waals surface area contributed by atoms with Gasteiger partial charge in [-0.15, -0.1) is 0 Å². The lowest BCUT2D eigenvalue weighted by Gasteiger charge is -2.35. The van der Waals surface area contributed by atoms with Gasteiger partial charge in [-0.2, -0.15) is 0 Å². The first-order chi connectivity index (χ1) is 60.1. The Balaban J connectivity index is 1.84. The Kier molecular flexibility index (Phi) is 92.0. The van der Waals surface area contributed by atoms with Gasteiger partial charge in [0.25, 0.3) is 0 Å². The number of carbonyl (C=O) groups is 5. The maximum Gasteiger partial charge on any atom is 0.245 e. The maximum atomic E-state index is 13.9. The second-order valence-corrected chi connectivity index (χ2v) is 29.2. The third-order valence-corrected chi connectivity index (χ3v) is 19.0. The van der Waals surface area contributed by atoms with E-state index in [1.807, 2.05) is 25.8 Å². The van der Waals surface area contributed by atoms with Crippen molar-refractivity contribution in [1.82, 2.24) is 31.1 Å². The molecule has 1 fully saturated rings. The van der Waals surface area contributed by atoms with Gasteiger partial charge in [0.15, 0.2) is 0 Å². The van der Waals surface area contributed by atoms with E-state index in [-0.39, 0.29) is 54.9 Å². The van der Waals surface area contributed by atoms with Crippen LogP contribution in [-0.2, 0) is 138 Å². The molecule has 1 heterocycles. The van der Waals surface area contributed by atoms with Crippen LogP contribution in [0.4, 0.5) is 0 Å². The van der Waals surface area contributed by atoms with Crippen LogP contribution in [0.25, 0.3) is 0 Å². The van der Waals surface area contributed by atoms with Gasteiger partial charge in [0, 0.05) is 65.6 Å². The van der Waals surface area contributed by atoms with Crippen LogP contribution >= 0.6 is 0 Å². The second-order valence-electron chi connectivity index (χ2n) is 29.2. The summed E-state index contributed by atoms with van der Waals surface area (Å²) in [4.78, 5) is 70.0. The molecule has 1 rings (SSSR count). The summed E-state index contributed by atoms with van der Waals surface area (Å²) in [6.07, 6.45) is 19.2. The SMILES string of the molecule is CCCCCCCCCCCCCC(=O)NCCCCCC(=O)N[C@H](C(=O)N[C@@H](CCCCNC(=O)CCOCCOCCOCCOCCOCCOCCOCCOCCOCCOCCOCCOCCOCCOCCOCCOCCOCCOCCOCCOCCOCCOCCOCCOC)C(=O)N1CCN(C)CC1)[C@@H](C)CC. The number of likely N-dealkylation sites (N-methyl/N-ethyl adjacent to an activating group) is 1. The maximum absolute atomic E-state index is 13.9. The Labute approximate surface area is 732 Å². The average Bonchev–Trinajstić information content (AvgIpc) is 0.846. The molecule has 35 heteroatoms. The highest BCUT2D eigenvalue weighted by Crippen LogP contribution is 2.15. The number of nitrogens with zero attached hydrogens (tertiary/aromatic N) is 2. The van der Waals surface area contributed by atoms with Crippen LogP contribution in [-0.4, -0.2) is 415 Å². The monoisotopic (exact) mass is 1760 g/mol. The Bertz CT molecular complexity index is 2220. The van der Waals surface area contributed by atoms with Gasteiger partial charge in [0.05, 0.1) is 311 Å². The lowest BCUT2D eigenvalue weighted by Crippen LogP contribution is -2.58. The normalized spacial score (nSPS) is 13.3. The van der Waals surface area contributed by atoms with E-state index in [0.29, 0.717) is 369 Å². The molecule has 0 spiro atoms. The summed E-state index contributed by atoms with van der Waals surface area (Å²) in [6.45, 7) is 31.8. The lowest BCUT2D eigenvalue weighted by molar-refractivity contribution is -0.139. The Morgan fingerprint density at radius 3 is 0.811 bits per heavy atom. The number of hydrogen-bond donors (Lipinski definition) is 4. The number of carbonyl (C=O) groups excluding carboxylic acids is 5. The zero-order valence-corrected chi connectivity index (χ0v) is 76.3. The van der Waals surface area contributed by atoms with Crippen LogP contribution in [0.5, 0.6) is 0 Å². The molecule has 3 atom stereocenters. The molecule has 0 aromatic rings. The topological polar surface area (TPSA) is 361 Å². The molecule has 5 amide bonds. The third kappa shape index (κ3) is 84.5. The quantitative estimate of drug-likeness (QED) is 0.0518. The van der Waals surface area contributed by atoms with Crippen LogP contribution in [0, 0.1) is 5.92 Å². The third-order valence-electron chi connectivity index (χ3n) is 19.0. The minimum atomic E-state index is -0.790. The van der Waals surface area contributed by atoms with Gasteiger partial charge in [0.2, 0.25) is 29.5 Å². The van der Waals surface area contributed by atoms with Crippen molar-refractivity contribution in [2.45, 2.75) is 168 Å². The molecule has 122 heavy (non-hydrogen) atoms. The lowest BCUT2D eigenvalue weighted by atomic mass is 9.97. The van der Waals surface area contributed by atoms with Crippen molar-refractivity contribution >= 4 is 29.5 Å². The van der Waals surface area contributed by atoms with E-state index in [1.165, 1.54) is 57.8 Å². The first-order valence-corrected chi connectivity index (χ1v) is 46.0.